The van der Waals surface area contributed by atoms with Gasteiger partial charge in [0.15, 0.2) is 5.82 Å². The third-order valence-corrected chi connectivity index (χ3v) is 3.01. The molecule has 3 aromatic rings. The van der Waals surface area contributed by atoms with Crippen LogP contribution in [0.25, 0.3) is 22.4 Å². The van der Waals surface area contributed by atoms with Crippen LogP contribution in [0, 0.1) is 0 Å². The Morgan fingerprint density at radius 3 is 2.53 bits per heavy atom. The fraction of sp³-hybridized carbons (Fsp3) is 0. The van der Waals surface area contributed by atoms with Gasteiger partial charge in [-0.2, -0.15) is 0 Å². The van der Waals surface area contributed by atoms with Gasteiger partial charge in [-0.15, -0.1) is 0 Å². The molecular weight excluding hydrogens is 240 g/mol. The molecule has 0 atom stereocenters. The van der Waals surface area contributed by atoms with E-state index in [9.17, 15) is 4.79 Å². The monoisotopic (exact) mass is 252 g/mol. The lowest BCUT2D eigenvalue weighted by Crippen LogP contribution is -2.11. The van der Waals surface area contributed by atoms with Crippen molar-refractivity contribution in [2.24, 2.45) is 5.73 Å². The van der Waals surface area contributed by atoms with Gasteiger partial charge in [0.05, 0.1) is 11.0 Å². The summed E-state index contributed by atoms with van der Waals surface area (Å²) in [5.41, 5.74) is 8.00. The van der Waals surface area contributed by atoms with E-state index in [4.69, 9.17) is 11.6 Å². The average Bonchev–Trinajstić information content (AvgIpc) is 2.76. The first kappa shape index (κ1) is 11.3. The molecule has 19 heavy (non-hydrogen) atoms. The predicted octanol–water partition coefficient (Wildman–Crippen LogP) is 1.52. The number of imidazole rings is 1. The second-order valence-electron chi connectivity index (χ2n) is 4.24. The normalized spacial score (nSPS) is 10.7. The van der Waals surface area contributed by atoms with Crippen molar-refractivity contribution in [3.63, 3.8) is 0 Å². The third-order valence-electron chi connectivity index (χ3n) is 3.01. The predicted molar refractivity (Wildman–Crippen MR) is 73.8 cm³/mol. The maximum atomic E-state index is 11.2. The smallest absolute Gasteiger partial charge is 0.248 e. The Balaban J connectivity index is 2.23. The molecule has 0 saturated carbocycles. The lowest BCUT2D eigenvalue weighted by atomic mass is 10.2. The number of fused-ring (bicyclic) bond motifs is 1. The van der Waals surface area contributed by atoms with Crippen molar-refractivity contribution in [3.05, 3.63) is 54.1 Å². The van der Waals surface area contributed by atoms with Gasteiger partial charge in [-0.25, -0.2) is 9.66 Å². The number of nitrogens with zero attached hydrogens (tertiary/aromatic N) is 2. The zero-order valence-electron chi connectivity index (χ0n) is 10.1. The van der Waals surface area contributed by atoms with Crippen LogP contribution in [-0.4, -0.2) is 15.6 Å². The molecule has 0 aliphatic heterocycles. The number of amides is 1. The Kier molecular flexibility index (Phi) is 2.45. The Morgan fingerprint density at radius 2 is 1.84 bits per heavy atom. The van der Waals surface area contributed by atoms with E-state index in [0.717, 1.165) is 11.1 Å². The number of primary amides is 1. The van der Waals surface area contributed by atoms with E-state index in [1.807, 2.05) is 30.3 Å². The number of aromatic nitrogens is 2. The van der Waals surface area contributed by atoms with Gasteiger partial charge in [-0.05, 0) is 18.2 Å². The SMILES string of the molecule is NC(=O)c1ccc2c(c1)nc(-c1ccccc1)n2N. The molecule has 94 valence electrons. The second kappa shape index (κ2) is 4.13. The molecule has 2 aromatic carbocycles. The van der Waals surface area contributed by atoms with E-state index in [1.54, 1.807) is 18.2 Å². The van der Waals surface area contributed by atoms with Crippen molar-refractivity contribution in [2.45, 2.75) is 0 Å². The Hall–Kier alpha value is -2.82. The molecule has 1 amide bonds. The topological polar surface area (TPSA) is 86.9 Å². The molecule has 0 spiro atoms. The van der Waals surface area contributed by atoms with Gasteiger partial charge in [-0.3, -0.25) is 4.79 Å². The van der Waals surface area contributed by atoms with E-state index in [1.165, 1.54) is 4.68 Å². The first-order valence-corrected chi connectivity index (χ1v) is 5.79. The number of nitrogen functional groups attached to an aromatic ring is 1. The largest absolute Gasteiger partial charge is 0.366 e. The van der Waals surface area contributed by atoms with Crippen molar-refractivity contribution >= 4 is 16.9 Å². The maximum absolute atomic E-state index is 11.2. The van der Waals surface area contributed by atoms with Crippen LogP contribution in [0.4, 0.5) is 0 Å². The summed E-state index contributed by atoms with van der Waals surface area (Å²) in [6.07, 6.45) is 0. The van der Waals surface area contributed by atoms with Gasteiger partial charge < -0.3 is 11.6 Å². The number of rotatable bonds is 2. The first-order chi connectivity index (χ1) is 9.16. The number of hydrogen-bond donors (Lipinski definition) is 2. The zero-order valence-corrected chi connectivity index (χ0v) is 10.1. The minimum absolute atomic E-state index is 0.421. The van der Waals surface area contributed by atoms with E-state index in [-0.39, 0.29) is 0 Å². The van der Waals surface area contributed by atoms with Crippen molar-refractivity contribution in [1.29, 1.82) is 0 Å². The number of carbonyl (C=O) groups excluding carboxylic acids is 1. The van der Waals surface area contributed by atoms with Crippen LogP contribution in [0.5, 0.6) is 0 Å². The van der Waals surface area contributed by atoms with Crippen LogP contribution in [0.3, 0.4) is 0 Å². The molecule has 0 radical (unpaired) electrons. The molecule has 1 heterocycles. The lowest BCUT2D eigenvalue weighted by molar-refractivity contribution is 0.100. The second-order valence-corrected chi connectivity index (χ2v) is 4.24. The van der Waals surface area contributed by atoms with E-state index >= 15 is 0 Å². The van der Waals surface area contributed by atoms with E-state index in [0.29, 0.717) is 16.9 Å². The number of nitrogens with two attached hydrogens (primary N) is 2. The lowest BCUT2D eigenvalue weighted by Gasteiger charge is -2.01. The third kappa shape index (κ3) is 1.81. The quantitative estimate of drug-likeness (QED) is 0.678. The van der Waals surface area contributed by atoms with Gasteiger partial charge >= 0.3 is 0 Å². The maximum Gasteiger partial charge on any atom is 0.248 e. The van der Waals surface area contributed by atoms with E-state index in [2.05, 4.69) is 4.98 Å². The van der Waals surface area contributed by atoms with Gasteiger partial charge in [0.1, 0.15) is 0 Å². The molecule has 0 saturated heterocycles. The van der Waals surface area contributed by atoms with Crippen molar-refractivity contribution < 1.29 is 4.79 Å². The molecule has 5 heteroatoms. The average molecular weight is 252 g/mol. The van der Waals surface area contributed by atoms with Gasteiger partial charge in [0, 0.05) is 11.1 Å². The number of carbonyl (C=O) groups is 1. The molecule has 0 aliphatic carbocycles. The highest BCUT2D eigenvalue weighted by molar-refractivity contribution is 5.96. The van der Waals surface area contributed by atoms with E-state index < -0.39 is 5.91 Å². The molecular formula is C14H12N4O. The Labute approximate surface area is 109 Å². The summed E-state index contributed by atoms with van der Waals surface area (Å²) >= 11 is 0. The van der Waals surface area contributed by atoms with Crippen LogP contribution in [0.15, 0.2) is 48.5 Å². The van der Waals surface area contributed by atoms with Crippen LogP contribution in [0.2, 0.25) is 0 Å². The Bertz CT molecular complexity index is 762. The highest BCUT2D eigenvalue weighted by Gasteiger charge is 2.11. The standard InChI is InChI=1S/C14H12N4O/c15-13(19)10-6-7-12-11(8-10)17-14(18(12)16)9-4-2-1-3-5-9/h1-8H,16H2,(H2,15,19). The summed E-state index contributed by atoms with van der Waals surface area (Å²) in [5.74, 6) is 6.21. The summed E-state index contributed by atoms with van der Waals surface area (Å²) < 4.78 is 1.51. The molecule has 0 unspecified atom stereocenters. The summed E-state index contributed by atoms with van der Waals surface area (Å²) in [4.78, 5) is 15.6. The van der Waals surface area contributed by atoms with Crippen LogP contribution >= 0.6 is 0 Å². The molecule has 0 bridgehead atoms. The molecule has 3 rings (SSSR count). The Morgan fingerprint density at radius 1 is 1.11 bits per heavy atom. The van der Waals surface area contributed by atoms with Crippen LogP contribution < -0.4 is 11.6 Å². The summed E-state index contributed by atoms with van der Waals surface area (Å²) in [7, 11) is 0. The highest BCUT2D eigenvalue weighted by Crippen LogP contribution is 2.23. The van der Waals surface area contributed by atoms with Gasteiger partial charge in [-0.1, -0.05) is 30.3 Å². The first-order valence-electron chi connectivity index (χ1n) is 5.79. The summed E-state index contributed by atoms with van der Waals surface area (Å²) in [6.45, 7) is 0. The van der Waals surface area contributed by atoms with Gasteiger partial charge in [0.2, 0.25) is 5.91 Å². The van der Waals surface area contributed by atoms with Crippen LogP contribution in [0.1, 0.15) is 10.4 Å². The molecule has 0 aliphatic rings. The number of benzene rings is 2. The van der Waals surface area contributed by atoms with Crippen molar-refractivity contribution in [2.75, 3.05) is 5.84 Å². The minimum Gasteiger partial charge on any atom is -0.366 e. The van der Waals surface area contributed by atoms with Gasteiger partial charge in [0.25, 0.3) is 0 Å². The summed E-state index contributed by atoms with van der Waals surface area (Å²) in [5, 5.41) is 0. The zero-order chi connectivity index (χ0) is 13.4. The minimum atomic E-state index is -0.477. The highest BCUT2D eigenvalue weighted by atomic mass is 16.1. The fourth-order valence-electron chi connectivity index (χ4n) is 2.04. The van der Waals surface area contributed by atoms with Crippen LogP contribution in [-0.2, 0) is 0 Å². The molecule has 1 aromatic heterocycles. The number of hydrogen-bond acceptors (Lipinski definition) is 3. The molecule has 0 fully saturated rings. The fourth-order valence-corrected chi connectivity index (χ4v) is 2.04. The molecule has 4 N–H and O–H groups in total. The molecule has 5 nitrogen and oxygen atoms in total. The summed E-state index contributed by atoms with van der Waals surface area (Å²) in [6, 6.07) is 14.7. The van der Waals surface area contributed by atoms with Crippen molar-refractivity contribution in [3.8, 4) is 11.4 Å². The van der Waals surface area contributed by atoms with Crippen molar-refractivity contribution in [1.82, 2.24) is 9.66 Å².